The van der Waals surface area contributed by atoms with Gasteiger partial charge in [-0.2, -0.15) is 16.9 Å². The summed E-state index contributed by atoms with van der Waals surface area (Å²) in [5, 5.41) is 4.32. The van der Waals surface area contributed by atoms with Crippen molar-refractivity contribution in [1.29, 1.82) is 0 Å². The van der Waals surface area contributed by atoms with Crippen LogP contribution in [-0.4, -0.2) is 45.2 Å². The molecule has 0 N–H and O–H groups in total. The molecule has 0 unspecified atom stereocenters. The van der Waals surface area contributed by atoms with Crippen LogP contribution in [0.3, 0.4) is 0 Å². The van der Waals surface area contributed by atoms with E-state index in [1.54, 1.807) is 11.8 Å². The first kappa shape index (κ1) is 13.5. The van der Waals surface area contributed by atoms with Gasteiger partial charge in [0.1, 0.15) is 0 Å². The lowest BCUT2D eigenvalue weighted by Crippen LogP contribution is -2.46. The molecule has 0 radical (unpaired) electrons. The fraction of sp³-hybridized carbons (Fsp3) is 0.692. The van der Waals surface area contributed by atoms with Gasteiger partial charge in [-0.15, -0.1) is 0 Å². The molecule has 0 spiro atoms. The van der Waals surface area contributed by atoms with E-state index in [1.807, 2.05) is 30.3 Å². The number of piperidine rings is 1. The molecule has 4 nitrogen and oxygen atoms in total. The summed E-state index contributed by atoms with van der Waals surface area (Å²) < 4.78 is 1.96. The normalized spacial score (nSPS) is 20.1. The first-order chi connectivity index (χ1) is 8.70. The Morgan fingerprint density at radius 3 is 3.06 bits per heavy atom. The summed E-state index contributed by atoms with van der Waals surface area (Å²) >= 11 is 1.60. The number of thioether (sulfide) groups is 1. The number of amides is 1. The minimum atomic E-state index is 0.274. The van der Waals surface area contributed by atoms with Crippen molar-refractivity contribution in [2.45, 2.75) is 38.8 Å². The molecule has 1 amide bonds. The minimum Gasteiger partial charge on any atom is -0.337 e. The number of nitrogens with zero attached hydrogens (tertiary/aromatic N) is 3. The smallest absolute Gasteiger partial charge is 0.232 e. The van der Waals surface area contributed by atoms with Gasteiger partial charge in [-0.1, -0.05) is 0 Å². The number of hydrogen-bond donors (Lipinski definition) is 0. The predicted octanol–water partition coefficient (Wildman–Crippen LogP) is 1.94. The number of carbonyl (C=O) groups is 1. The lowest BCUT2D eigenvalue weighted by Gasteiger charge is -2.35. The van der Waals surface area contributed by atoms with Crippen molar-refractivity contribution in [2.24, 2.45) is 0 Å². The van der Waals surface area contributed by atoms with Gasteiger partial charge in [0.25, 0.3) is 0 Å². The SMILES string of the molecule is CSCC(=O)N1CCCC[C@@H]1Cn1cc(C)cn1. The number of hydrogen-bond acceptors (Lipinski definition) is 3. The van der Waals surface area contributed by atoms with Gasteiger partial charge in [-0.05, 0) is 38.0 Å². The van der Waals surface area contributed by atoms with Crippen LogP contribution in [0, 0.1) is 6.92 Å². The van der Waals surface area contributed by atoms with Crippen molar-refractivity contribution in [2.75, 3.05) is 18.6 Å². The standard InChI is InChI=1S/C13H21N3OS/c1-11-7-14-15(8-11)9-12-5-3-4-6-16(12)13(17)10-18-2/h7-8,12H,3-6,9-10H2,1-2H3/t12-/m1/s1. The van der Waals surface area contributed by atoms with E-state index in [9.17, 15) is 4.79 Å². The molecule has 1 saturated heterocycles. The summed E-state index contributed by atoms with van der Waals surface area (Å²) in [4.78, 5) is 14.1. The molecule has 1 fully saturated rings. The van der Waals surface area contributed by atoms with Crippen molar-refractivity contribution in [3.8, 4) is 0 Å². The van der Waals surface area contributed by atoms with Gasteiger partial charge in [-0.3, -0.25) is 9.48 Å². The predicted molar refractivity (Wildman–Crippen MR) is 74.7 cm³/mol. The zero-order valence-electron chi connectivity index (χ0n) is 11.1. The fourth-order valence-corrected chi connectivity index (χ4v) is 2.92. The van der Waals surface area contributed by atoms with Crippen LogP contribution in [0.1, 0.15) is 24.8 Å². The topological polar surface area (TPSA) is 38.1 Å². The molecule has 1 aliphatic heterocycles. The monoisotopic (exact) mass is 267 g/mol. The van der Waals surface area contributed by atoms with E-state index < -0.39 is 0 Å². The molecule has 1 atom stereocenters. The van der Waals surface area contributed by atoms with Crippen molar-refractivity contribution < 1.29 is 4.79 Å². The first-order valence-electron chi connectivity index (χ1n) is 6.48. The van der Waals surface area contributed by atoms with E-state index in [-0.39, 0.29) is 5.91 Å². The van der Waals surface area contributed by atoms with E-state index in [1.165, 1.54) is 12.0 Å². The zero-order chi connectivity index (χ0) is 13.0. The highest BCUT2D eigenvalue weighted by molar-refractivity contribution is 7.99. The van der Waals surface area contributed by atoms with Gasteiger partial charge < -0.3 is 4.90 Å². The molecule has 5 heteroatoms. The summed E-state index contributed by atoms with van der Waals surface area (Å²) in [6.45, 7) is 3.78. The zero-order valence-corrected chi connectivity index (χ0v) is 11.9. The maximum Gasteiger partial charge on any atom is 0.232 e. The van der Waals surface area contributed by atoms with Crippen LogP contribution in [0.5, 0.6) is 0 Å². The molecule has 1 aromatic heterocycles. The van der Waals surface area contributed by atoms with Crippen molar-refractivity contribution in [3.05, 3.63) is 18.0 Å². The summed E-state index contributed by atoms with van der Waals surface area (Å²) in [5.41, 5.74) is 1.17. The maximum absolute atomic E-state index is 12.1. The molecule has 18 heavy (non-hydrogen) atoms. The molecular weight excluding hydrogens is 246 g/mol. The Labute approximate surface area is 113 Å². The second-order valence-corrected chi connectivity index (χ2v) is 5.78. The highest BCUT2D eigenvalue weighted by Crippen LogP contribution is 2.19. The first-order valence-corrected chi connectivity index (χ1v) is 7.87. The summed E-state index contributed by atoms with van der Waals surface area (Å²) in [5.74, 6) is 0.866. The molecule has 100 valence electrons. The van der Waals surface area contributed by atoms with Crippen molar-refractivity contribution in [1.82, 2.24) is 14.7 Å². The third-order valence-electron chi connectivity index (χ3n) is 3.38. The van der Waals surface area contributed by atoms with Crippen LogP contribution in [0.15, 0.2) is 12.4 Å². The largest absolute Gasteiger partial charge is 0.337 e. The van der Waals surface area contributed by atoms with E-state index in [2.05, 4.69) is 10.00 Å². The second kappa shape index (κ2) is 6.27. The molecule has 0 saturated carbocycles. The van der Waals surface area contributed by atoms with Crippen LogP contribution in [0.25, 0.3) is 0 Å². The van der Waals surface area contributed by atoms with Gasteiger partial charge in [-0.25, -0.2) is 0 Å². The number of aromatic nitrogens is 2. The number of likely N-dealkylation sites (tertiary alicyclic amines) is 1. The van der Waals surface area contributed by atoms with Gasteiger partial charge in [0, 0.05) is 12.7 Å². The molecule has 0 aliphatic carbocycles. The van der Waals surface area contributed by atoms with Gasteiger partial charge >= 0.3 is 0 Å². The molecule has 1 aromatic rings. The minimum absolute atomic E-state index is 0.274. The van der Waals surface area contributed by atoms with Gasteiger partial charge in [0.15, 0.2) is 0 Å². The Hall–Kier alpha value is -0.970. The highest BCUT2D eigenvalue weighted by Gasteiger charge is 2.26. The third-order valence-corrected chi connectivity index (χ3v) is 3.91. The molecule has 2 rings (SSSR count). The fourth-order valence-electron chi connectivity index (χ4n) is 2.51. The van der Waals surface area contributed by atoms with Crippen LogP contribution < -0.4 is 0 Å². The highest BCUT2D eigenvalue weighted by atomic mass is 32.2. The Kier molecular flexibility index (Phi) is 4.69. The second-order valence-electron chi connectivity index (χ2n) is 4.91. The molecule has 0 bridgehead atoms. The average molecular weight is 267 g/mol. The van der Waals surface area contributed by atoms with E-state index in [0.29, 0.717) is 11.8 Å². The number of aryl methyl sites for hydroxylation is 1. The number of carbonyl (C=O) groups excluding carboxylic acids is 1. The Balaban J connectivity index is 2.01. The molecule has 1 aliphatic rings. The van der Waals surface area contributed by atoms with Crippen molar-refractivity contribution in [3.63, 3.8) is 0 Å². The van der Waals surface area contributed by atoms with Crippen molar-refractivity contribution >= 4 is 17.7 Å². The average Bonchev–Trinajstić information content (AvgIpc) is 2.76. The van der Waals surface area contributed by atoms with Crippen LogP contribution in [-0.2, 0) is 11.3 Å². The molecular formula is C13H21N3OS. The van der Waals surface area contributed by atoms with Crippen LogP contribution in [0.4, 0.5) is 0 Å². The van der Waals surface area contributed by atoms with Gasteiger partial charge in [0.2, 0.25) is 5.91 Å². The van der Waals surface area contributed by atoms with Crippen LogP contribution in [0.2, 0.25) is 0 Å². The van der Waals surface area contributed by atoms with Gasteiger partial charge in [0.05, 0.1) is 24.5 Å². The maximum atomic E-state index is 12.1. The van der Waals surface area contributed by atoms with E-state index >= 15 is 0 Å². The summed E-state index contributed by atoms with van der Waals surface area (Å²) in [7, 11) is 0. The molecule has 0 aromatic carbocycles. The third kappa shape index (κ3) is 3.28. The van der Waals surface area contributed by atoms with E-state index in [4.69, 9.17) is 0 Å². The molecule has 2 heterocycles. The Morgan fingerprint density at radius 1 is 1.56 bits per heavy atom. The summed E-state index contributed by atoms with van der Waals surface area (Å²) in [6.07, 6.45) is 9.35. The Bertz CT molecular complexity index is 405. The van der Waals surface area contributed by atoms with E-state index in [0.717, 1.165) is 25.9 Å². The Morgan fingerprint density at radius 2 is 2.39 bits per heavy atom. The summed E-state index contributed by atoms with van der Waals surface area (Å²) in [6, 6.07) is 0.317. The van der Waals surface area contributed by atoms with Crippen LogP contribution >= 0.6 is 11.8 Å². The lowest BCUT2D eigenvalue weighted by molar-refractivity contribution is -0.132. The number of rotatable bonds is 4. The lowest BCUT2D eigenvalue weighted by atomic mass is 10.0. The quantitative estimate of drug-likeness (QED) is 0.836.